The number of β-lactam (4-membered cyclic amide) rings is 1. The number of carbonyl (C=O) groups excluding carboxylic acids is 3. The molecule has 8 heteroatoms. The van der Waals surface area contributed by atoms with E-state index in [0.717, 1.165) is 32.2 Å². The third-order valence-electron chi connectivity index (χ3n) is 5.22. The van der Waals surface area contributed by atoms with E-state index < -0.39 is 23.6 Å². The number of hydrogen-bond acceptors (Lipinski definition) is 5. The number of nitrogens with one attached hydrogen (secondary N) is 2. The first kappa shape index (κ1) is 17.2. The van der Waals surface area contributed by atoms with Crippen molar-refractivity contribution >= 4 is 17.7 Å². The molecule has 3 fully saturated rings. The van der Waals surface area contributed by atoms with Crippen LogP contribution in [-0.4, -0.2) is 83.0 Å². The van der Waals surface area contributed by atoms with Gasteiger partial charge in [-0.2, -0.15) is 0 Å². The smallest absolute Gasteiger partial charge is 0.247 e. The zero-order valence-electron chi connectivity index (χ0n) is 14.1. The lowest BCUT2D eigenvalue weighted by Gasteiger charge is -2.46. The highest BCUT2D eigenvalue weighted by molar-refractivity contribution is 5.97. The summed E-state index contributed by atoms with van der Waals surface area (Å²) in [5.74, 6) is -0.705. The molecule has 3 aliphatic rings. The summed E-state index contributed by atoms with van der Waals surface area (Å²) in [5.41, 5.74) is -0.463. The average Bonchev–Trinajstić information content (AvgIpc) is 3.23. The Balaban J connectivity index is 1.52. The molecule has 24 heavy (non-hydrogen) atoms. The molecule has 0 radical (unpaired) electrons. The van der Waals surface area contributed by atoms with E-state index in [1.807, 2.05) is 0 Å². The predicted octanol–water partition coefficient (Wildman–Crippen LogP) is -1.56. The van der Waals surface area contributed by atoms with Gasteiger partial charge in [0.1, 0.15) is 11.6 Å². The van der Waals surface area contributed by atoms with Crippen LogP contribution in [0.4, 0.5) is 0 Å². The van der Waals surface area contributed by atoms with Gasteiger partial charge in [0.05, 0.1) is 12.6 Å². The molecule has 3 unspecified atom stereocenters. The van der Waals surface area contributed by atoms with Crippen molar-refractivity contribution in [3.63, 3.8) is 0 Å². The third-order valence-corrected chi connectivity index (χ3v) is 5.22. The van der Waals surface area contributed by atoms with Gasteiger partial charge in [-0.05, 0) is 39.2 Å². The number of aliphatic hydroxyl groups is 1. The van der Waals surface area contributed by atoms with Crippen molar-refractivity contribution in [2.75, 3.05) is 32.7 Å². The van der Waals surface area contributed by atoms with Crippen molar-refractivity contribution in [1.82, 2.24) is 20.4 Å². The summed E-state index contributed by atoms with van der Waals surface area (Å²) in [7, 11) is 0. The van der Waals surface area contributed by atoms with Crippen LogP contribution in [0.1, 0.15) is 32.6 Å². The summed E-state index contributed by atoms with van der Waals surface area (Å²) < 4.78 is 0. The highest BCUT2D eigenvalue weighted by Gasteiger charge is 2.53. The monoisotopic (exact) mass is 338 g/mol. The minimum atomic E-state index is -0.975. The Morgan fingerprint density at radius 3 is 2.58 bits per heavy atom. The number of nitrogens with zero attached hydrogens (tertiary/aromatic N) is 2. The van der Waals surface area contributed by atoms with Gasteiger partial charge in [-0.15, -0.1) is 0 Å². The van der Waals surface area contributed by atoms with Crippen LogP contribution in [-0.2, 0) is 14.4 Å². The Hall–Kier alpha value is -1.67. The maximum absolute atomic E-state index is 12.4. The normalized spacial score (nSPS) is 28.8. The molecule has 1 spiro atoms. The van der Waals surface area contributed by atoms with Crippen molar-refractivity contribution in [3.05, 3.63) is 0 Å². The molecular weight excluding hydrogens is 312 g/mol. The molecule has 3 atom stereocenters. The van der Waals surface area contributed by atoms with Crippen LogP contribution in [0.15, 0.2) is 0 Å². The molecular formula is C16H26N4O4. The van der Waals surface area contributed by atoms with E-state index in [1.54, 1.807) is 4.90 Å². The Bertz CT molecular complexity index is 524. The summed E-state index contributed by atoms with van der Waals surface area (Å²) in [6.07, 6.45) is 2.71. The molecule has 0 bridgehead atoms. The van der Waals surface area contributed by atoms with Crippen LogP contribution < -0.4 is 10.6 Å². The van der Waals surface area contributed by atoms with Gasteiger partial charge in [-0.3, -0.25) is 14.4 Å². The highest BCUT2D eigenvalue weighted by Crippen LogP contribution is 2.31. The maximum atomic E-state index is 12.4. The molecule has 3 amide bonds. The summed E-state index contributed by atoms with van der Waals surface area (Å²) >= 11 is 0. The molecule has 3 saturated heterocycles. The molecule has 3 rings (SSSR count). The summed E-state index contributed by atoms with van der Waals surface area (Å²) in [6.45, 7) is 4.11. The molecule has 8 nitrogen and oxygen atoms in total. The molecule has 0 aliphatic carbocycles. The SMILES string of the molecule is CC(O)C(NC(=O)CN1CC2(CCCN2)C1=O)C(=O)N1CCCC1. The van der Waals surface area contributed by atoms with Crippen molar-refractivity contribution in [2.45, 2.75) is 50.3 Å². The largest absolute Gasteiger partial charge is 0.391 e. The lowest BCUT2D eigenvalue weighted by molar-refractivity contribution is -0.155. The molecule has 3 heterocycles. The van der Waals surface area contributed by atoms with Crippen LogP contribution in [0.2, 0.25) is 0 Å². The van der Waals surface area contributed by atoms with Crippen LogP contribution in [0.25, 0.3) is 0 Å². The van der Waals surface area contributed by atoms with Crippen LogP contribution >= 0.6 is 0 Å². The number of likely N-dealkylation sites (tertiary alicyclic amines) is 2. The Kier molecular flexibility index (Phi) is 4.78. The Morgan fingerprint density at radius 2 is 2.04 bits per heavy atom. The number of amides is 3. The van der Waals surface area contributed by atoms with Gasteiger partial charge in [0.2, 0.25) is 17.7 Å². The van der Waals surface area contributed by atoms with Gasteiger partial charge in [-0.1, -0.05) is 0 Å². The van der Waals surface area contributed by atoms with Crippen molar-refractivity contribution < 1.29 is 19.5 Å². The molecule has 0 aromatic carbocycles. The van der Waals surface area contributed by atoms with E-state index in [9.17, 15) is 19.5 Å². The molecule has 134 valence electrons. The Labute approximate surface area is 141 Å². The van der Waals surface area contributed by atoms with E-state index >= 15 is 0 Å². The van der Waals surface area contributed by atoms with E-state index in [2.05, 4.69) is 10.6 Å². The van der Waals surface area contributed by atoms with Crippen LogP contribution in [0, 0.1) is 0 Å². The van der Waals surface area contributed by atoms with Gasteiger partial charge in [-0.25, -0.2) is 0 Å². The van der Waals surface area contributed by atoms with Gasteiger partial charge >= 0.3 is 0 Å². The summed E-state index contributed by atoms with van der Waals surface area (Å²) in [4.78, 5) is 40.0. The highest BCUT2D eigenvalue weighted by atomic mass is 16.3. The van der Waals surface area contributed by atoms with Crippen LogP contribution in [0.5, 0.6) is 0 Å². The van der Waals surface area contributed by atoms with Crippen LogP contribution in [0.3, 0.4) is 0 Å². The molecule has 3 aliphatic heterocycles. The topological polar surface area (TPSA) is 102 Å². The molecule has 0 aromatic heterocycles. The summed E-state index contributed by atoms with van der Waals surface area (Å²) in [5, 5.41) is 15.7. The first-order valence-electron chi connectivity index (χ1n) is 8.73. The lowest BCUT2D eigenvalue weighted by atomic mass is 9.87. The Morgan fingerprint density at radius 1 is 1.33 bits per heavy atom. The van der Waals surface area contributed by atoms with Gasteiger partial charge in [0.25, 0.3) is 0 Å². The number of aliphatic hydroxyl groups excluding tert-OH is 1. The molecule has 3 N–H and O–H groups in total. The van der Waals surface area contributed by atoms with Gasteiger partial charge in [0.15, 0.2) is 0 Å². The number of rotatable bonds is 5. The standard InChI is InChI=1S/C16H26N4O4/c1-11(21)13(14(23)19-7-2-3-8-19)18-12(22)9-20-10-16(15(20)24)5-4-6-17-16/h11,13,17,21H,2-10H2,1H3,(H,18,22). The van der Waals surface area contributed by atoms with Gasteiger partial charge in [0, 0.05) is 19.6 Å². The second-order valence-corrected chi connectivity index (χ2v) is 7.09. The van der Waals surface area contributed by atoms with Crippen molar-refractivity contribution in [2.24, 2.45) is 0 Å². The summed E-state index contributed by atoms with van der Waals surface area (Å²) in [6, 6.07) is -0.953. The minimum Gasteiger partial charge on any atom is -0.391 e. The second kappa shape index (κ2) is 6.68. The molecule has 0 saturated carbocycles. The van der Waals surface area contributed by atoms with Crippen molar-refractivity contribution in [1.29, 1.82) is 0 Å². The quantitative estimate of drug-likeness (QED) is 0.526. The predicted molar refractivity (Wildman–Crippen MR) is 86.0 cm³/mol. The lowest BCUT2D eigenvalue weighted by Crippen LogP contribution is -2.72. The zero-order chi connectivity index (χ0) is 17.3. The fourth-order valence-electron chi connectivity index (χ4n) is 3.84. The number of carbonyl (C=O) groups is 3. The van der Waals surface area contributed by atoms with Crippen molar-refractivity contribution in [3.8, 4) is 0 Å². The van der Waals surface area contributed by atoms with E-state index in [4.69, 9.17) is 0 Å². The minimum absolute atomic E-state index is 0.0467. The first-order chi connectivity index (χ1) is 11.4. The molecule has 0 aromatic rings. The van der Waals surface area contributed by atoms with E-state index in [-0.39, 0.29) is 18.4 Å². The average molecular weight is 338 g/mol. The van der Waals surface area contributed by atoms with E-state index in [1.165, 1.54) is 11.8 Å². The first-order valence-corrected chi connectivity index (χ1v) is 8.73. The third kappa shape index (κ3) is 3.12. The zero-order valence-corrected chi connectivity index (χ0v) is 14.1. The number of hydrogen-bond donors (Lipinski definition) is 3. The van der Waals surface area contributed by atoms with E-state index in [0.29, 0.717) is 19.6 Å². The maximum Gasteiger partial charge on any atom is 0.247 e. The fraction of sp³-hybridized carbons (Fsp3) is 0.812. The fourth-order valence-corrected chi connectivity index (χ4v) is 3.84. The second-order valence-electron chi connectivity index (χ2n) is 7.09. The van der Waals surface area contributed by atoms with Gasteiger partial charge < -0.3 is 25.5 Å².